The van der Waals surface area contributed by atoms with E-state index in [1.165, 1.54) is 23.0 Å². The molecule has 1 aromatic heterocycles. The second-order valence-corrected chi connectivity index (χ2v) is 13.2. The number of thiazole rings is 1. The normalized spacial score (nSPS) is 14.2. The highest BCUT2D eigenvalue weighted by atomic mass is 79.9. The number of rotatable bonds is 12. The van der Waals surface area contributed by atoms with Gasteiger partial charge in [-0.05, 0) is 95.9 Å². The third-order valence-electron chi connectivity index (χ3n) is 7.31. The first-order chi connectivity index (χ1) is 23.5. The Morgan fingerprint density at radius 3 is 2.43 bits per heavy atom. The van der Waals surface area contributed by atoms with Gasteiger partial charge >= 0.3 is 11.9 Å². The lowest BCUT2D eigenvalue weighted by atomic mass is 9.95. The molecular weight excluding hydrogens is 759 g/mol. The molecule has 1 aliphatic rings. The quantitative estimate of drug-likeness (QED) is 0.152. The number of halogens is 3. The minimum atomic E-state index is -0.879. The Morgan fingerprint density at radius 1 is 0.959 bits per heavy atom. The van der Waals surface area contributed by atoms with E-state index in [1.54, 1.807) is 63.2 Å². The third-order valence-corrected chi connectivity index (χ3v) is 9.65. The maximum Gasteiger partial charge on any atom is 0.343 e. The smallest absolute Gasteiger partial charge is 0.343 e. The number of ether oxygens (including phenoxy) is 5. The van der Waals surface area contributed by atoms with Crippen molar-refractivity contribution in [3.8, 4) is 17.2 Å². The van der Waals surface area contributed by atoms with Crippen molar-refractivity contribution in [1.82, 2.24) is 4.57 Å². The summed E-state index contributed by atoms with van der Waals surface area (Å²) < 4.78 is 30.1. The summed E-state index contributed by atoms with van der Waals surface area (Å²) >= 11 is 16.9. The summed E-state index contributed by atoms with van der Waals surface area (Å²) in [5.74, 6) is 0.0854. The second kappa shape index (κ2) is 16.1. The Hall–Kier alpha value is -4.10. The topological polar surface area (TPSA) is 115 Å². The molecule has 0 spiro atoms. The fraction of sp³-hybridized carbons (Fsp3) is 0.257. The molecular formula is C35H31BrCl2N2O8S. The fourth-order valence-electron chi connectivity index (χ4n) is 5.05. The van der Waals surface area contributed by atoms with Crippen molar-refractivity contribution < 1.29 is 33.3 Å². The van der Waals surface area contributed by atoms with Crippen LogP contribution >= 0.6 is 50.5 Å². The van der Waals surface area contributed by atoms with Crippen molar-refractivity contribution in [2.45, 2.75) is 33.4 Å². The van der Waals surface area contributed by atoms with E-state index in [0.29, 0.717) is 59.0 Å². The van der Waals surface area contributed by atoms with Crippen LogP contribution in [0.2, 0.25) is 10.0 Å². The van der Waals surface area contributed by atoms with Gasteiger partial charge in [0.15, 0.2) is 22.9 Å². The predicted molar refractivity (Wildman–Crippen MR) is 190 cm³/mol. The van der Waals surface area contributed by atoms with Crippen molar-refractivity contribution in [3.05, 3.63) is 117 Å². The maximum absolute atomic E-state index is 14.1. The molecule has 0 fully saturated rings. The number of benzene rings is 3. The molecule has 4 aromatic rings. The van der Waals surface area contributed by atoms with Gasteiger partial charge in [0.25, 0.3) is 5.56 Å². The molecule has 49 heavy (non-hydrogen) atoms. The lowest BCUT2D eigenvalue weighted by Crippen LogP contribution is -2.40. The van der Waals surface area contributed by atoms with Gasteiger partial charge in [0, 0.05) is 0 Å². The predicted octanol–water partition coefficient (Wildman–Crippen LogP) is 6.40. The van der Waals surface area contributed by atoms with E-state index in [9.17, 15) is 14.4 Å². The molecule has 256 valence electrons. The molecule has 0 unspecified atom stereocenters. The molecule has 3 aromatic carbocycles. The molecule has 0 amide bonds. The number of carbonyl (C=O) groups is 2. The van der Waals surface area contributed by atoms with E-state index in [1.807, 2.05) is 18.2 Å². The Labute approximate surface area is 304 Å². The van der Waals surface area contributed by atoms with Crippen molar-refractivity contribution in [2.75, 3.05) is 26.9 Å². The summed E-state index contributed by atoms with van der Waals surface area (Å²) in [5, 5.41) is 0.914. The number of nitrogens with zero attached hydrogens (tertiary/aromatic N) is 2. The number of methoxy groups -OCH3 is 1. The van der Waals surface area contributed by atoms with Gasteiger partial charge in [0.1, 0.15) is 12.4 Å². The standard InChI is InChI=1S/C35H31BrCl2N2O8S/c1-5-45-28-16-22(9-12-27(28)48-18-30(41)44-4)32-31(34(43)46-6-2)19(3)39-35-40(32)33(42)29(49-35)15-20-8-11-26(23(36)13-20)47-17-21-7-10-24(37)25(38)14-21/h7-16,32H,5-6,17-18H2,1-4H3/b29-15-/t32-/m0/s1. The van der Waals surface area contributed by atoms with E-state index in [2.05, 4.69) is 25.7 Å². The SMILES string of the molecule is CCOC(=O)C1=C(C)N=c2s/c(=C\c3ccc(OCc4ccc(Cl)c(Cl)c4)c(Br)c3)c(=O)n2[C@H]1c1ccc(OCC(=O)OC)c(OCC)c1. The summed E-state index contributed by atoms with van der Waals surface area (Å²) in [4.78, 5) is 44.3. The average Bonchev–Trinajstić information content (AvgIpc) is 3.38. The maximum atomic E-state index is 14.1. The van der Waals surface area contributed by atoms with Crippen LogP contribution in [-0.4, -0.2) is 43.4 Å². The molecule has 0 radical (unpaired) electrons. The number of hydrogen-bond acceptors (Lipinski definition) is 10. The van der Waals surface area contributed by atoms with Crippen LogP contribution in [0.5, 0.6) is 17.2 Å². The van der Waals surface area contributed by atoms with Gasteiger partial charge in [-0.15, -0.1) is 0 Å². The zero-order chi connectivity index (χ0) is 35.2. The minimum Gasteiger partial charge on any atom is -0.490 e. The lowest BCUT2D eigenvalue weighted by Gasteiger charge is -2.25. The average molecular weight is 791 g/mol. The Bertz CT molecular complexity index is 2130. The van der Waals surface area contributed by atoms with Gasteiger partial charge in [-0.3, -0.25) is 9.36 Å². The number of aromatic nitrogens is 1. The first-order valence-corrected chi connectivity index (χ1v) is 17.4. The molecule has 1 atom stereocenters. The van der Waals surface area contributed by atoms with Gasteiger partial charge in [0.05, 0.1) is 56.7 Å². The first kappa shape index (κ1) is 36.2. The minimum absolute atomic E-state index is 0.138. The molecule has 14 heteroatoms. The van der Waals surface area contributed by atoms with Gasteiger partial charge in [-0.2, -0.15) is 0 Å². The lowest BCUT2D eigenvalue weighted by molar-refractivity contribution is -0.143. The molecule has 1 aliphatic heterocycles. The first-order valence-electron chi connectivity index (χ1n) is 15.1. The third kappa shape index (κ3) is 8.21. The molecule has 2 heterocycles. The summed E-state index contributed by atoms with van der Waals surface area (Å²) in [6.07, 6.45) is 1.76. The van der Waals surface area contributed by atoms with Crippen LogP contribution in [0.3, 0.4) is 0 Å². The van der Waals surface area contributed by atoms with Crippen LogP contribution in [-0.2, 0) is 25.7 Å². The monoisotopic (exact) mass is 788 g/mol. The highest BCUT2D eigenvalue weighted by molar-refractivity contribution is 9.10. The number of esters is 2. The van der Waals surface area contributed by atoms with Gasteiger partial charge in [-0.25, -0.2) is 14.6 Å². The molecule has 0 saturated heterocycles. The van der Waals surface area contributed by atoms with Crippen LogP contribution in [0, 0.1) is 0 Å². The van der Waals surface area contributed by atoms with Crippen molar-refractivity contribution >= 4 is 68.5 Å². The summed E-state index contributed by atoms with van der Waals surface area (Å²) in [6, 6.07) is 14.9. The van der Waals surface area contributed by atoms with Crippen LogP contribution in [0.25, 0.3) is 6.08 Å². The van der Waals surface area contributed by atoms with Crippen LogP contribution in [0.15, 0.2) is 80.1 Å². The summed E-state index contributed by atoms with van der Waals surface area (Å²) in [6.45, 7) is 5.62. The van der Waals surface area contributed by atoms with E-state index < -0.39 is 18.0 Å². The molecule has 5 rings (SSSR count). The molecule has 0 aliphatic carbocycles. The van der Waals surface area contributed by atoms with Crippen LogP contribution in [0.4, 0.5) is 0 Å². The summed E-state index contributed by atoms with van der Waals surface area (Å²) in [5.41, 5.74) is 2.45. The van der Waals surface area contributed by atoms with Gasteiger partial charge < -0.3 is 23.7 Å². The van der Waals surface area contributed by atoms with Crippen molar-refractivity contribution in [2.24, 2.45) is 4.99 Å². The molecule has 10 nitrogen and oxygen atoms in total. The molecule has 0 saturated carbocycles. The Morgan fingerprint density at radius 2 is 1.73 bits per heavy atom. The van der Waals surface area contributed by atoms with Crippen molar-refractivity contribution in [3.63, 3.8) is 0 Å². The van der Waals surface area contributed by atoms with E-state index in [4.69, 9.17) is 42.1 Å². The highest BCUT2D eigenvalue weighted by Gasteiger charge is 2.34. The Balaban J connectivity index is 1.53. The molecule has 0 bridgehead atoms. The van der Waals surface area contributed by atoms with E-state index >= 15 is 0 Å². The number of carbonyl (C=O) groups excluding carboxylic acids is 2. The zero-order valence-corrected chi connectivity index (χ0v) is 30.8. The zero-order valence-electron chi connectivity index (χ0n) is 26.9. The second-order valence-electron chi connectivity index (χ2n) is 10.5. The molecule has 0 N–H and O–H groups in total. The number of fused-ring (bicyclic) bond motifs is 1. The Kier molecular flexibility index (Phi) is 11.9. The summed E-state index contributed by atoms with van der Waals surface area (Å²) in [7, 11) is 1.27. The largest absolute Gasteiger partial charge is 0.490 e. The van der Waals surface area contributed by atoms with E-state index in [-0.39, 0.29) is 31.0 Å². The van der Waals surface area contributed by atoms with Crippen LogP contribution < -0.4 is 29.1 Å². The van der Waals surface area contributed by atoms with Crippen molar-refractivity contribution in [1.29, 1.82) is 0 Å². The van der Waals surface area contributed by atoms with Gasteiger partial charge in [0.2, 0.25) is 0 Å². The van der Waals surface area contributed by atoms with Gasteiger partial charge in [-0.1, -0.05) is 52.7 Å². The highest BCUT2D eigenvalue weighted by Crippen LogP contribution is 2.36. The van der Waals surface area contributed by atoms with E-state index in [0.717, 1.165) is 11.1 Å². The number of hydrogen-bond donors (Lipinski definition) is 0. The fourth-order valence-corrected chi connectivity index (χ4v) is 6.93. The van der Waals surface area contributed by atoms with Crippen LogP contribution in [0.1, 0.15) is 43.5 Å². The number of allylic oxidation sites excluding steroid dienone is 1.